The topological polar surface area (TPSA) is 33.5 Å². The molecule has 0 unspecified atom stereocenters. The first kappa shape index (κ1) is 27.8. The van der Waals surface area contributed by atoms with Crippen LogP contribution in [0.4, 0.5) is 11.4 Å². The average molecular weight is 729 g/mol. The monoisotopic (exact) mass is 728 g/mol. The minimum atomic E-state index is 0. The molecule has 0 radical (unpaired) electrons. The van der Waals surface area contributed by atoms with Gasteiger partial charge in [-0.2, -0.15) is 12.1 Å². The van der Waals surface area contributed by atoms with Crippen molar-refractivity contribution in [2.75, 3.05) is 9.80 Å². The van der Waals surface area contributed by atoms with Gasteiger partial charge in [0.15, 0.2) is 0 Å². The maximum Gasteiger partial charge on any atom is 0.135 e. The third-order valence-electron chi connectivity index (χ3n) is 7.34. The standard InChI is InChI=1S/C36H29N4O.Pt/c1-36(2,3)26-18-19-37-35(22-26)40-33-15-8-7-14-31(33)32-17-16-30(24-34(32)40)41-29-13-9-12-28(23-29)39-21-20-38(25-39)27-10-5-4-6-11-27;/h4-22,25H,1-3H3;/q-3;. The Morgan fingerprint density at radius 2 is 1.50 bits per heavy atom. The van der Waals surface area contributed by atoms with Crippen LogP contribution < -0.4 is 14.5 Å². The van der Waals surface area contributed by atoms with Crippen LogP contribution in [-0.2, 0) is 26.5 Å². The van der Waals surface area contributed by atoms with E-state index >= 15 is 0 Å². The minimum Gasteiger partial charge on any atom is -0.509 e. The maximum atomic E-state index is 6.34. The summed E-state index contributed by atoms with van der Waals surface area (Å²) < 4.78 is 8.52. The predicted molar refractivity (Wildman–Crippen MR) is 166 cm³/mol. The normalized spacial score (nSPS) is 13.1. The van der Waals surface area contributed by atoms with E-state index in [1.807, 2.05) is 72.6 Å². The molecule has 0 atom stereocenters. The molecule has 42 heavy (non-hydrogen) atoms. The van der Waals surface area contributed by atoms with Gasteiger partial charge in [-0.15, -0.1) is 48.1 Å². The molecule has 212 valence electrons. The molecule has 0 amide bonds. The SMILES string of the molecule is CC(C)(C)c1ccnc(-n2c3[c-]c(Oc4[c-]c(N5C=CN(c6ccccc6)[CH-]5)ccc4)ccc3c3ccccc32)c1.[Pt]. The summed E-state index contributed by atoms with van der Waals surface area (Å²) >= 11 is 0. The van der Waals surface area contributed by atoms with Crippen LogP contribution in [0.15, 0.2) is 116 Å². The molecule has 0 saturated carbocycles. The molecular formula is C36H29N4OPt-3. The Labute approximate surface area is 260 Å². The predicted octanol–water partition coefficient (Wildman–Crippen LogP) is 8.78. The van der Waals surface area contributed by atoms with Crippen LogP contribution in [0.1, 0.15) is 26.3 Å². The van der Waals surface area contributed by atoms with Crippen molar-refractivity contribution in [3.8, 4) is 17.3 Å². The summed E-state index contributed by atoms with van der Waals surface area (Å²) in [4.78, 5) is 8.87. The molecule has 4 aromatic carbocycles. The van der Waals surface area contributed by atoms with Gasteiger partial charge in [-0.25, -0.2) is 4.98 Å². The number of para-hydroxylation sites is 2. The molecule has 6 aromatic rings. The number of benzene rings is 4. The first-order valence-electron chi connectivity index (χ1n) is 13.7. The van der Waals surface area contributed by atoms with Gasteiger partial charge in [0.25, 0.3) is 0 Å². The van der Waals surface area contributed by atoms with Crippen LogP contribution in [0.5, 0.6) is 11.5 Å². The van der Waals surface area contributed by atoms with Crippen LogP contribution in [0.25, 0.3) is 27.6 Å². The Morgan fingerprint density at radius 3 is 2.33 bits per heavy atom. The molecule has 3 heterocycles. The number of pyridine rings is 1. The summed E-state index contributed by atoms with van der Waals surface area (Å²) in [5.41, 5.74) is 5.23. The second-order valence-corrected chi connectivity index (χ2v) is 11.2. The van der Waals surface area contributed by atoms with E-state index in [1.54, 1.807) is 0 Å². The van der Waals surface area contributed by atoms with E-state index in [0.717, 1.165) is 39.0 Å². The van der Waals surface area contributed by atoms with Crippen molar-refractivity contribution in [1.29, 1.82) is 0 Å². The Hall–Kier alpha value is -4.34. The van der Waals surface area contributed by atoms with Crippen LogP contribution >= 0.6 is 0 Å². The summed E-state index contributed by atoms with van der Waals surface area (Å²) in [6.45, 7) is 8.68. The van der Waals surface area contributed by atoms with Crippen LogP contribution in [0.2, 0.25) is 0 Å². The van der Waals surface area contributed by atoms with E-state index in [4.69, 9.17) is 9.72 Å². The molecule has 2 aromatic heterocycles. The van der Waals surface area contributed by atoms with Gasteiger partial charge in [0.05, 0.1) is 0 Å². The zero-order valence-electron chi connectivity index (χ0n) is 23.6. The zero-order valence-corrected chi connectivity index (χ0v) is 25.8. The molecule has 5 nitrogen and oxygen atoms in total. The van der Waals surface area contributed by atoms with Crippen molar-refractivity contribution in [1.82, 2.24) is 9.55 Å². The molecule has 0 saturated heterocycles. The number of anilines is 2. The molecule has 0 bridgehead atoms. The number of hydrogen-bond donors (Lipinski definition) is 0. The second kappa shape index (κ2) is 11.1. The third kappa shape index (κ3) is 5.21. The van der Waals surface area contributed by atoms with Gasteiger partial charge in [0.1, 0.15) is 5.82 Å². The zero-order chi connectivity index (χ0) is 28.0. The van der Waals surface area contributed by atoms with E-state index in [-0.39, 0.29) is 26.5 Å². The number of fused-ring (bicyclic) bond motifs is 3. The fourth-order valence-electron chi connectivity index (χ4n) is 5.19. The van der Waals surface area contributed by atoms with Gasteiger partial charge >= 0.3 is 0 Å². The Morgan fingerprint density at radius 1 is 0.738 bits per heavy atom. The van der Waals surface area contributed by atoms with Crippen molar-refractivity contribution < 1.29 is 25.8 Å². The molecule has 0 spiro atoms. The molecule has 0 N–H and O–H groups in total. The quantitative estimate of drug-likeness (QED) is 0.166. The van der Waals surface area contributed by atoms with Crippen molar-refractivity contribution in [3.63, 3.8) is 0 Å². The molecule has 1 aliphatic rings. The van der Waals surface area contributed by atoms with Gasteiger partial charge in [-0.1, -0.05) is 62.7 Å². The molecule has 1 aliphatic heterocycles. The van der Waals surface area contributed by atoms with Gasteiger partial charge in [-0.3, -0.25) is 0 Å². The van der Waals surface area contributed by atoms with Gasteiger partial charge in [-0.05, 0) is 59.1 Å². The number of rotatable bonds is 5. The van der Waals surface area contributed by atoms with Gasteiger partial charge in [0.2, 0.25) is 0 Å². The summed E-state index contributed by atoms with van der Waals surface area (Å²) in [6, 6.07) is 39.8. The van der Waals surface area contributed by atoms with Crippen molar-refractivity contribution in [2.24, 2.45) is 0 Å². The summed E-state index contributed by atoms with van der Waals surface area (Å²) in [6.07, 6.45) is 5.93. The van der Waals surface area contributed by atoms with E-state index in [0.29, 0.717) is 11.5 Å². The average Bonchev–Trinajstić information content (AvgIpc) is 3.61. The smallest absolute Gasteiger partial charge is 0.135 e. The molecule has 6 heteroatoms. The maximum absolute atomic E-state index is 6.34. The van der Waals surface area contributed by atoms with E-state index in [2.05, 4.69) is 97.0 Å². The van der Waals surface area contributed by atoms with E-state index < -0.39 is 0 Å². The van der Waals surface area contributed by atoms with Gasteiger partial charge < -0.3 is 19.1 Å². The number of aromatic nitrogens is 2. The molecule has 7 rings (SSSR count). The fourth-order valence-corrected chi connectivity index (χ4v) is 5.19. The molecule has 0 fully saturated rings. The van der Waals surface area contributed by atoms with Crippen molar-refractivity contribution >= 4 is 33.2 Å². The fraction of sp³-hybridized carbons (Fsp3) is 0.111. The van der Waals surface area contributed by atoms with E-state index in [1.165, 1.54) is 5.56 Å². The van der Waals surface area contributed by atoms with Crippen molar-refractivity contribution in [3.05, 3.63) is 140 Å². The summed E-state index contributed by atoms with van der Waals surface area (Å²) in [7, 11) is 0. The molecular weight excluding hydrogens is 700 g/mol. The van der Waals surface area contributed by atoms with E-state index in [9.17, 15) is 0 Å². The first-order valence-corrected chi connectivity index (χ1v) is 13.7. The Kier molecular flexibility index (Phi) is 7.38. The third-order valence-corrected chi connectivity index (χ3v) is 7.34. The number of ether oxygens (including phenoxy) is 1. The summed E-state index contributed by atoms with van der Waals surface area (Å²) in [5, 5.41) is 2.26. The number of hydrogen-bond acceptors (Lipinski definition) is 4. The minimum absolute atomic E-state index is 0. The van der Waals surface area contributed by atoms with Gasteiger partial charge in [0, 0.05) is 50.0 Å². The number of nitrogens with zero attached hydrogens (tertiary/aromatic N) is 4. The Balaban J connectivity index is 0.00000316. The van der Waals surface area contributed by atoms with Crippen LogP contribution in [0.3, 0.4) is 0 Å². The van der Waals surface area contributed by atoms with Crippen LogP contribution in [-0.4, -0.2) is 9.55 Å². The largest absolute Gasteiger partial charge is 0.509 e. The van der Waals surface area contributed by atoms with Crippen molar-refractivity contribution in [2.45, 2.75) is 26.2 Å². The Bertz CT molecular complexity index is 1910. The van der Waals surface area contributed by atoms with Crippen LogP contribution in [0, 0.1) is 18.8 Å². The molecule has 0 aliphatic carbocycles. The summed E-state index contributed by atoms with van der Waals surface area (Å²) in [5.74, 6) is 2.10. The second-order valence-electron chi connectivity index (χ2n) is 11.2. The first-order chi connectivity index (χ1) is 19.9.